The van der Waals surface area contributed by atoms with Crippen molar-refractivity contribution in [2.45, 2.75) is 25.1 Å². The Morgan fingerprint density at radius 1 is 1.38 bits per heavy atom. The van der Waals surface area contributed by atoms with E-state index in [1.807, 2.05) is 0 Å². The SMILES string of the molecule is O=S(=O)(O)CC1CCOC(c2ccc(C(F)(F)F)cn2)C1. The van der Waals surface area contributed by atoms with Crippen molar-refractivity contribution in [2.24, 2.45) is 5.92 Å². The van der Waals surface area contributed by atoms with E-state index < -0.39 is 28.0 Å². The van der Waals surface area contributed by atoms with Gasteiger partial charge in [0, 0.05) is 12.8 Å². The van der Waals surface area contributed by atoms with Gasteiger partial charge in [-0.25, -0.2) is 0 Å². The van der Waals surface area contributed by atoms with Gasteiger partial charge in [0.25, 0.3) is 10.1 Å². The molecule has 1 aromatic heterocycles. The summed E-state index contributed by atoms with van der Waals surface area (Å²) in [6.07, 6.45) is -3.53. The fraction of sp³-hybridized carbons (Fsp3) is 0.583. The van der Waals surface area contributed by atoms with Crippen molar-refractivity contribution in [1.82, 2.24) is 4.98 Å². The van der Waals surface area contributed by atoms with Crippen LogP contribution < -0.4 is 0 Å². The molecular formula is C12H14F3NO4S. The van der Waals surface area contributed by atoms with Crippen molar-refractivity contribution >= 4 is 10.1 Å². The summed E-state index contributed by atoms with van der Waals surface area (Å²) in [4.78, 5) is 3.74. The lowest BCUT2D eigenvalue weighted by molar-refractivity contribution is -0.137. The van der Waals surface area contributed by atoms with E-state index in [2.05, 4.69) is 4.98 Å². The molecule has 1 aliphatic heterocycles. The number of ether oxygens (including phenoxy) is 1. The van der Waals surface area contributed by atoms with Crippen LogP contribution in [0.5, 0.6) is 0 Å². The summed E-state index contributed by atoms with van der Waals surface area (Å²) < 4.78 is 73.3. The van der Waals surface area contributed by atoms with Crippen LogP contribution in [-0.2, 0) is 21.0 Å². The summed E-state index contributed by atoms with van der Waals surface area (Å²) in [5, 5.41) is 0. The van der Waals surface area contributed by atoms with Crippen LogP contribution in [0, 0.1) is 5.92 Å². The summed E-state index contributed by atoms with van der Waals surface area (Å²) in [6, 6.07) is 2.14. The van der Waals surface area contributed by atoms with Crippen LogP contribution >= 0.6 is 0 Å². The number of aromatic nitrogens is 1. The van der Waals surface area contributed by atoms with Crippen molar-refractivity contribution in [3.63, 3.8) is 0 Å². The highest BCUT2D eigenvalue weighted by atomic mass is 32.2. The van der Waals surface area contributed by atoms with Crippen LogP contribution in [0.25, 0.3) is 0 Å². The van der Waals surface area contributed by atoms with Gasteiger partial charge in [0.15, 0.2) is 0 Å². The Hall–Kier alpha value is -1.19. The zero-order valence-electron chi connectivity index (χ0n) is 10.9. The highest BCUT2D eigenvalue weighted by Gasteiger charge is 2.32. The Morgan fingerprint density at radius 2 is 2.10 bits per heavy atom. The highest BCUT2D eigenvalue weighted by molar-refractivity contribution is 7.85. The van der Waals surface area contributed by atoms with E-state index in [0.717, 1.165) is 12.3 Å². The third kappa shape index (κ3) is 4.65. The number of halogens is 3. The molecule has 1 aromatic rings. The van der Waals surface area contributed by atoms with Gasteiger partial charge in [-0.15, -0.1) is 0 Å². The Bertz CT molecular complexity index is 586. The molecule has 9 heteroatoms. The molecule has 0 saturated carbocycles. The van der Waals surface area contributed by atoms with Crippen LogP contribution in [0.1, 0.15) is 30.2 Å². The standard InChI is InChI=1S/C12H14F3NO4S/c13-12(14,15)9-1-2-10(16-6-9)11-5-8(3-4-20-11)7-21(17,18)19/h1-2,6,8,11H,3-5,7H2,(H,17,18,19). The van der Waals surface area contributed by atoms with Gasteiger partial charge in [-0.3, -0.25) is 9.54 Å². The van der Waals surface area contributed by atoms with Crippen molar-refractivity contribution in [1.29, 1.82) is 0 Å². The fourth-order valence-corrected chi connectivity index (χ4v) is 3.18. The van der Waals surface area contributed by atoms with E-state index >= 15 is 0 Å². The van der Waals surface area contributed by atoms with Gasteiger partial charge in [0.2, 0.25) is 0 Å². The molecule has 2 rings (SSSR count). The molecule has 0 amide bonds. The molecule has 1 fully saturated rings. The van der Waals surface area contributed by atoms with Crippen LogP contribution in [0.15, 0.2) is 18.3 Å². The number of rotatable bonds is 3. The predicted molar refractivity (Wildman–Crippen MR) is 67.1 cm³/mol. The van der Waals surface area contributed by atoms with Gasteiger partial charge in [-0.1, -0.05) is 0 Å². The molecule has 2 unspecified atom stereocenters. The lowest BCUT2D eigenvalue weighted by Crippen LogP contribution is -2.26. The molecule has 0 spiro atoms. The average molecular weight is 325 g/mol. The smallest absolute Gasteiger partial charge is 0.372 e. The third-order valence-corrected chi connectivity index (χ3v) is 4.18. The fourth-order valence-electron chi connectivity index (χ4n) is 2.28. The molecule has 0 aliphatic carbocycles. The first-order valence-electron chi connectivity index (χ1n) is 6.25. The summed E-state index contributed by atoms with van der Waals surface area (Å²) in [5.74, 6) is -0.684. The Labute approximate surface area is 119 Å². The van der Waals surface area contributed by atoms with E-state index in [1.54, 1.807) is 0 Å². The monoisotopic (exact) mass is 325 g/mol. The van der Waals surface area contributed by atoms with Gasteiger partial charge in [-0.2, -0.15) is 21.6 Å². The molecule has 0 radical (unpaired) electrons. The highest BCUT2D eigenvalue weighted by Crippen LogP contribution is 2.33. The quantitative estimate of drug-likeness (QED) is 0.864. The first-order valence-corrected chi connectivity index (χ1v) is 7.86. The molecule has 1 N–H and O–H groups in total. The zero-order chi connectivity index (χ0) is 15.7. The Morgan fingerprint density at radius 3 is 2.62 bits per heavy atom. The third-order valence-electron chi connectivity index (χ3n) is 3.28. The molecule has 0 aromatic carbocycles. The first kappa shape index (κ1) is 16.2. The molecule has 0 bridgehead atoms. The minimum absolute atomic E-state index is 0.271. The summed E-state index contributed by atoms with van der Waals surface area (Å²) in [5.41, 5.74) is -0.528. The maximum Gasteiger partial charge on any atom is 0.417 e. The average Bonchev–Trinajstić information content (AvgIpc) is 2.36. The van der Waals surface area contributed by atoms with E-state index in [4.69, 9.17) is 9.29 Å². The van der Waals surface area contributed by atoms with E-state index in [1.165, 1.54) is 6.07 Å². The van der Waals surface area contributed by atoms with Crippen molar-refractivity contribution < 1.29 is 30.9 Å². The van der Waals surface area contributed by atoms with E-state index in [-0.39, 0.29) is 24.7 Å². The second-order valence-corrected chi connectivity index (χ2v) is 6.47. The second-order valence-electron chi connectivity index (χ2n) is 4.97. The summed E-state index contributed by atoms with van der Waals surface area (Å²) in [6.45, 7) is 0.271. The minimum atomic E-state index is -4.45. The van der Waals surface area contributed by atoms with Crippen LogP contribution in [0.3, 0.4) is 0 Å². The molecule has 2 heterocycles. The molecule has 2 atom stereocenters. The number of pyridine rings is 1. The molecule has 118 valence electrons. The van der Waals surface area contributed by atoms with Gasteiger partial charge in [0.1, 0.15) is 0 Å². The van der Waals surface area contributed by atoms with Gasteiger partial charge < -0.3 is 4.74 Å². The molecule has 1 saturated heterocycles. The number of hydrogen-bond donors (Lipinski definition) is 1. The number of hydrogen-bond acceptors (Lipinski definition) is 4. The minimum Gasteiger partial charge on any atom is -0.372 e. The van der Waals surface area contributed by atoms with Crippen molar-refractivity contribution in [3.05, 3.63) is 29.6 Å². The Kier molecular flexibility index (Phi) is 4.54. The molecule has 5 nitrogen and oxygen atoms in total. The first-order chi connectivity index (χ1) is 9.65. The lowest BCUT2D eigenvalue weighted by atomic mass is 9.95. The van der Waals surface area contributed by atoms with Crippen molar-refractivity contribution in [3.8, 4) is 0 Å². The molecular weight excluding hydrogens is 311 g/mol. The van der Waals surface area contributed by atoms with Crippen LogP contribution in [0.4, 0.5) is 13.2 Å². The van der Waals surface area contributed by atoms with E-state index in [9.17, 15) is 21.6 Å². The topological polar surface area (TPSA) is 76.5 Å². The molecule has 21 heavy (non-hydrogen) atoms. The van der Waals surface area contributed by atoms with Gasteiger partial charge in [-0.05, 0) is 30.9 Å². The van der Waals surface area contributed by atoms with Gasteiger partial charge >= 0.3 is 6.18 Å². The van der Waals surface area contributed by atoms with E-state index in [0.29, 0.717) is 12.1 Å². The summed E-state index contributed by atoms with van der Waals surface area (Å²) >= 11 is 0. The summed E-state index contributed by atoms with van der Waals surface area (Å²) in [7, 11) is -4.08. The largest absolute Gasteiger partial charge is 0.417 e. The number of nitrogens with zero attached hydrogens (tertiary/aromatic N) is 1. The Balaban J connectivity index is 2.08. The molecule has 1 aliphatic rings. The van der Waals surface area contributed by atoms with Gasteiger partial charge in [0.05, 0.1) is 23.1 Å². The second kappa shape index (κ2) is 5.90. The maximum atomic E-state index is 12.4. The maximum absolute atomic E-state index is 12.4. The number of alkyl halides is 3. The van der Waals surface area contributed by atoms with Crippen LogP contribution in [0.2, 0.25) is 0 Å². The van der Waals surface area contributed by atoms with Crippen LogP contribution in [-0.4, -0.2) is 30.3 Å². The predicted octanol–water partition coefficient (Wildman–Crippen LogP) is 2.46. The zero-order valence-corrected chi connectivity index (χ0v) is 11.7. The normalized spacial score (nSPS) is 24.0. The van der Waals surface area contributed by atoms with Crippen molar-refractivity contribution in [2.75, 3.05) is 12.4 Å². The lowest BCUT2D eigenvalue weighted by Gasteiger charge is -2.28.